The number of fused-ring (bicyclic) bond motifs is 4. The first-order valence-corrected chi connectivity index (χ1v) is 30.1. The Morgan fingerprint density at radius 1 is 0.301 bits per heavy atom. The van der Waals surface area contributed by atoms with Gasteiger partial charge in [0.05, 0.1) is 12.7 Å². The monoisotopic (exact) mass is 1170 g/mol. The van der Waals surface area contributed by atoms with E-state index in [1.807, 2.05) is 128 Å². The first-order chi connectivity index (χ1) is 40.1. The van der Waals surface area contributed by atoms with Crippen LogP contribution in [0.15, 0.2) is 89.4 Å². The number of halogens is 1. The third kappa shape index (κ3) is 7.04. The Balaban J connectivity index is 0.000000155. The van der Waals surface area contributed by atoms with E-state index in [2.05, 4.69) is 15.9 Å². The van der Waals surface area contributed by atoms with Crippen LogP contribution in [0.3, 0.4) is 0 Å². The number of amides is 8. The molecule has 0 radical (unpaired) electrons. The second kappa shape index (κ2) is 19.6. The first-order valence-electron chi connectivity index (χ1n) is 29.3. The van der Waals surface area contributed by atoms with Crippen molar-refractivity contribution in [2.75, 3.05) is 7.11 Å². The Morgan fingerprint density at radius 2 is 0.542 bits per heavy atom. The fraction of sp³-hybridized carbons (Fsp3) is 0.304. The highest BCUT2D eigenvalue weighted by atomic mass is 79.9. The van der Waals surface area contributed by atoms with Gasteiger partial charge in [-0.2, -0.15) is 0 Å². The number of carbonyl (C=O) groups excluding carboxylic acids is 8. The summed E-state index contributed by atoms with van der Waals surface area (Å²) in [5, 5.41) is 12.8. The summed E-state index contributed by atoms with van der Waals surface area (Å²) in [6.45, 7) is 15.9. The molecule has 8 amide bonds. The fourth-order valence-corrected chi connectivity index (χ4v) is 15.5. The van der Waals surface area contributed by atoms with Gasteiger partial charge in [0.25, 0.3) is 47.3 Å². The smallest absolute Gasteiger partial charge is 0.261 e. The minimum atomic E-state index is -0.308. The summed E-state index contributed by atoms with van der Waals surface area (Å²) in [7, 11) is 1.58. The van der Waals surface area contributed by atoms with Crippen molar-refractivity contribution >= 4 is 149 Å². The van der Waals surface area contributed by atoms with Crippen LogP contribution >= 0.6 is 15.9 Å². The Bertz CT molecular complexity index is 4560. The molecule has 4 heterocycles. The summed E-state index contributed by atoms with van der Waals surface area (Å²) in [5.41, 5.74) is 4.08. The van der Waals surface area contributed by atoms with E-state index < -0.39 is 0 Å². The Kier molecular flexibility index (Phi) is 12.8. The van der Waals surface area contributed by atoms with Crippen LogP contribution < -0.4 is 4.74 Å². The number of hydrogen-bond donors (Lipinski definition) is 0. The molecule has 0 atom stereocenters. The third-order valence-electron chi connectivity index (χ3n) is 19.0. The van der Waals surface area contributed by atoms with Crippen LogP contribution in [0, 0.1) is 0 Å². The molecule has 10 aromatic carbocycles. The van der Waals surface area contributed by atoms with Crippen LogP contribution in [0.4, 0.5) is 0 Å². The van der Waals surface area contributed by atoms with Gasteiger partial charge in [-0.25, -0.2) is 0 Å². The van der Waals surface area contributed by atoms with E-state index in [0.717, 1.165) is 69.1 Å². The summed E-state index contributed by atoms with van der Waals surface area (Å²) >= 11 is 3.78. The molecular weight excluding hydrogens is 1110 g/mol. The van der Waals surface area contributed by atoms with Crippen LogP contribution in [-0.2, 0) is 0 Å². The van der Waals surface area contributed by atoms with E-state index in [9.17, 15) is 38.4 Å². The van der Waals surface area contributed by atoms with Gasteiger partial charge in [-0.1, -0.05) is 108 Å². The molecule has 0 unspecified atom stereocenters. The van der Waals surface area contributed by atoms with Crippen LogP contribution in [0.5, 0.6) is 5.75 Å². The van der Waals surface area contributed by atoms with Crippen LogP contribution in [0.1, 0.15) is 190 Å². The van der Waals surface area contributed by atoms with Crippen LogP contribution in [0.25, 0.3) is 86.2 Å². The molecule has 83 heavy (non-hydrogen) atoms. The van der Waals surface area contributed by atoms with Crippen molar-refractivity contribution in [3.8, 4) is 5.75 Å². The van der Waals surface area contributed by atoms with Crippen molar-refractivity contribution in [1.29, 1.82) is 0 Å². The molecule has 14 rings (SSSR count). The summed E-state index contributed by atoms with van der Waals surface area (Å²) < 4.78 is 6.67. The summed E-state index contributed by atoms with van der Waals surface area (Å²) in [5.74, 6) is -1.66. The molecule has 0 aliphatic carbocycles. The molecular formula is C69H61BrN4O9. The molecule has 0 fully saturated rings. The molecule has 10 aromatic rings. The second-order valence-corrected chi connectivity index (χ2v) is 23.4. The number of hydrogen-bond acceptors (Lipinski definition) is 9. The summed E-state index contributed by atoms with van der Waals surface area (Å²) in [4.78, 5) is 116. The molecule has 0 aromatic heterocycles. The first kappa shape index (κ1) is 53.9. The second-order valence-electron chi connectivity index (χ2n) is 22.5. The van der Waals surface area contributed by atoms with E-state index in [4.69, 9.17) is 4.74 Å². The molecule has 0 bridgehead atoms. The standard InChI is InChI=1S/C35H32N2O5.C34H29BrN2O4/c1-6-17(7-2)36-32(38)22-13-10-19-20-11-14-24-29-25(35(41)37(34(24)40)18(8-3)9-4)16-26(42-5)30(31(20)29)21-12-15-23(33(36)39)28(22)27(19)21;1-5-16(6-2)36-31(38)21-12-9-18-19-10-13-23-28-24(34(41)37(33(23)40)17(7-3)8-4)15-25(35)29(30(19)28)20-11-14-22(32(36)39)27(21)26(18)20/h10-18H,6-9H2,1-5H3;9-17H,5-8H2,1-4H3. The van der Waals surface area contributed by atoms with E-state index in [-0.39, 0.29) is 71.4 Å². The summed E-state index contributed by atoms with van der Waals surface area (Å²) in [6, 6.07) is 25.4. The zero-order chi connectivity index (χ0) is 58.5. The third-order valence-corrected chi connectivity index (χ3v) is 19.6. The van der Waals surface area contributed by atoms with Crippen LogP contribution in [-0.4, -0.2) is 98.1 Å². The van der Waals surface area contributed by atoms with Gasteiger partial charge in [0.15, 0.2) is 0 Å². The van der Waals surface area contributed by atoms with E-state index in [0.29, 0.717) is 123 Å². The summed E-state index contributed by atoms with van der Waals surface area (Å²) in [6.07, 6.45) is 5.49. The minimum absolute atomic E-state index is 0.161. The number of methoxy groups -OCH3 is 1. The predicted octanol–water partition coefficient (Wildman–Crippen LogP) is 15.4. The molecule has 0 spiro atoms. The number of imide groups is 4. The molecule has 4 aliphatic heterocycles. The maximum atomic E-state index is 13.9. The van der Waals surface area contributed by atoms with Gasteiger partial charge in [0, 0.05) is 111 Å². The van der Waals surface area contributed by atoms with Gasteiger partial charge in [-0.3, -0.25) is 58.0 Å². The molecule has 14 heteroatoms. The lowest BCUT2D eigenvalue weighted by molar-refractivity contribution is 0.0514. The molecule has 0 saturated heterocycles. The van der Waals surface area contributed by atoms with Gasteiger partial charge < -0.3 is 4.74 Å². The number of benzene rings is 10. The highest BCUT2D eigenvalue weighted by Crippen LogP contribution is 2.52. The quantitative estimate of drug-likeness (QED) is 0.0622. The Labute approximate surface area is 487 Å². The van der Waals surface area contributed by atoms with Gasteiger partial charge in [-0.05, 0) is 143 Å². The molecule has 13 nitrogen and oxygen atoms in total. The topological polar surface area (TPSA) is 159 Å². The molecule has 4 aliphatic rings. The van der Waals surface area contributed by atoms with Crippen LogP contribution in [0.2, 0.25) is 0 Å². The van der Waals surface area contributed by atoms with E-state index in [1.165, 1.54) is 19.6 Å². The van der Waals surface area contributed by atoms with Crippen molar-refractivity contribution < 1.29 is 43.1 Å². The van der Waals surface area contributed by atoms with Gasteiger partial charge in [0.1, 0.15) is 5.75 Å². The fourth-order valence-electron chi connectivity index (χ4n) is 14.8. The van der Waals surface area contributed by atoms with Gasteiger partial charge >= 0.3 is 0 Å². The van der Waals surface area contributed by atoms with Crippen molar-refractivity contribution in [1.82, 2.24) is 19.6 Å². The lowest BCUT2D eigenvalue weighted by Crippen LogP contribution is -2.46. The van der Waals surface area contributed by atoms with Crippen molar-refractivity contribution in [2.24, 2.45) is 0 Å². The number of carbonyl (C=O) groups is 8. The average molecular weight is 1170 g/mol. The number of ether oxygens (including phenoxy) is 1. The van der Waals surface area contributed by atoms with Crippen molar-refractivity contribution in [3.05, 3.63) is 134 Å². The largest absolute Gasteiger partial charge is 0.496 e. The van der Waals surface area contributed by atoms with Crippen molar-refractivity contribution in [3.63, 3.8) is 0 Å². The maximum absolute atomic E-state index is 13.9. The highest BCUT2D eigenvalue weighted by molar-refractivity contribution is 9.10. The molecule has 418 valence electrons. The van der Waals surface area contributed by atoms with E-state index in [1.54, 1.807) is 19.2 Å². The van der Waals surface area contributed by atoms with Gasteiger partial charge in [0.2, 0.25) is 0 Å². The molecule has 0 N–H and O–H groups in total. The SMILES string of the molecule is CCC(CC)N1C(=O)c2ccc3c4ccc5c6c(cc(Br)c(c7ccc(c2c37)C1=O)c64)C(=O)N(C(CC)CC)C5=O.CCC(CC)N1C(=O)c2ccc3c4ccc5c6c(cc(OC)c(c7ccc(c2c37)C1=O)c64)C(=O)N(C(CC)CC)C5=O. The number of nitrogens with zero attached hydrogens (tertiary/aromatic N) is 4. The Hall–Kier alpha value is -8.36. The predicted molar refractivity (Wildman–Crippen MR) is 329 cm³/mol. The van der Waals surface area contributed by atoms with E-state index >= 15 is 0 Å². The average Bonchev–Trinajstić information content (AvgIpc) is 0.811. The lowest BCUT2D eigenvalue weighted by atomic mass is 9.81. The zero-order valence-corrected chi connectivity index (χ0v) is 49.5. The normalized spacial score (nSPS) is 15.3. The Morgan fingerprint density at radius 3 is 0.843 bits per heavy atom. The maximum Gasteiger partial charge on any atom is 0.261 e. The van der Waals surface area contributed by atoms with Gasteiger partial charge in [-0.15, -0.1) is 0 Å². The molecule has 0 saturated carbocycles. The van der Waals surface area contributed by atoms with Crippen molar-refractivity contribution in [2.45, 2.75) is 131 Å². The minimum Gasteiger partial charge on any atom is -0.496 e. The highest BCUT2D eigenvalue weighted by Gasteiger charge is 2.43. The number of rotatable bonds is 13. The lowest BCUT2D eigenvalue weighted by Gasteiger charge is -2.34. The zero-order valence-electron chi connectivity index (χ0n) is 47.9.